The predicted octanol–water partition coefficient (Wildman–Crippen LogP) is 3.44. The Labute approximate surface area is 229 Å². The van der Waals surface area contributed by atoms with E-state index >= 15 is 0 Å². The second-order valence-corrected chi connectivity index (χ2v) is 9.54. The lowest BCUT2D eigenvalue weighted by Gasteiger charge is -2.51. The Hall–Kier alpha value is -4.86. The maximum Gasteiger partial charge on any atom is 0.355 e. The van der Waals surface area contributed by atoms with Crippen LogP contribution in [0.25, 0.3) is 0 Å². The van der Waals surface area contributed by atoms with Crippen LogP contribution in [0.5, 0.6) is 0 Å². The second kappa shape index (κ2) is 9.46. The molecule has 0 bridgehead atoms. The monoisotopic (exact) mass is 540 g/mol. The number of fused-ring (bicyclic) bond motifs is 3. The van der Waals surface area contributed by atoms with E-state index in [9.17, 15) is 24.9 Å². The van der Waals surface area contributed by atoms with Crippen LogP contribution in [-0.2, 0) is 35.8 Å². The number of nitrogens with zero attached hydrogens (tertiary/aromatic N) is 4. The molecule has 0 aliphatic carbocycles. The lowest BCUT2D eigenvalue weighted by molar-refractivity contribution is -0.144. The first-order valence-electron chi connectivity index (χ1n) is 11.9. The van der Waals surface area contributed by atoms with Crippen LogP contribution >= 0.6 is 11.6 Å². The summed E-state index contributed by atoms with van der Waals surface area (Å²) in [6.07, 6.45) is 4.24. The number of methoxy groups -OCH3 is 2. The van der Waals surface area contributed by atoms with Gasteiger partial charge in [-0.15, -0.1) is 0 Å². The van der Waals surface area contributed by atoms with E-state index in [-0.39, 0.29) is 22.8 Å². The molecule has 0 unspecified atom stereocenters. The maximum absolute atomic E-state index is 14.9. The number of esters is 2. The number of allylic oxidation sites excluding steroid dienone is 2. The highest BCUT2D eigenvalue weighted by Crippen LogP contribution is 2.62. The molecule has 2 aromatic carbocycles. The van der Waals surface area contributed by atoms with E-state index in [0.717, 1.165) is 19.8 Å². The molecule has 3 aliphatic rings. The molecule has 194 valence electrons. The first kappa shape index (κ1) is 25.8. The van der Waals surface area contributed by atoms with Crippen molar-refractivity contribution in [2.24, 2.45) is 5.41 Å². The minimum absolute atomic E-state index is 0.0816. The van der Waals surface area contributed by atoms with Gasteiger partial charge in [0.05, 0.1) is 44.5 Å². The molecule has 5 rings (SSSR count). The quantitative estimate of drug-likeness (QED) is 0.540. The third kappa shape index (κ3) is 3.34. The largest absolute Gasteiger partial charge is 0.466 e. The molecule has 0 saturated heterocycles. The van der Waals surface area contributed by atoms with Crippen LogP contribution < -0.4 is 4.90 Å². The van der Waals surface area contributed by atoms with Crippen LogP contribution in [0.3, 0.4) is 0 Å². The van der Waals surface area contributed by atoms with Gasteiger partial charge < -0.3 is 19.3 Å². The average Bonchev–Trinajstić information content (AvgIpc) is 3.21. The van der Waals surface area contributed by atoms with Gasteiger partial charge in [0, 0.05) is 16.9 Å². The number of ether oxygens (including phenoxy) is 2. The zero-order valence-electron chi connectivity index (χ0n) is 20.9. The van der Waals surface area contributed by atoms with Crippen molar-refractivity contribution in [3.05, 3.63) is 100 Å². The third-order valence-electron chi connectivity index (χ3n) is 7.39. The van der Waals surface area contributed by atoms with Crippen molar-refractivity contribution in [2.75, 3.05) is 19.1 Å². The van der Waals surface area contributed by atoms with Crippen LogP contribution in [0.2, 0.25) is 0 Å². The fourth-order valence-electron chi connectivity index (χ4n) is 5.78. The second-order valence-electron chi connectivity index (χ2n) is 9.10. The van der Waals surface area contributed by atoms with E-state index in [1.54, 1.807) is 24.3 Å². The number of hydrogen-bond acceptors (Lipinski definition) is 8. The average molecular weight is 541 g/mol. The van der Waals surface area contributed by atoms with Crippen molar-refractivity contribution in [1.29, 1.82) is 10.5 Å². The third-order valence-corrected chi connectivity index (χ3v) is 7.64. The summed E-state index contributed by atoms with van der Waals surface area (Å²) in [6.45, 7) is 0.0816. The minimum atomic E-state index is -2.27. The summed E-state index contributed by atoms with van der Waals surface area (Å²) < 4.78 is 10.2. The molecule has 0 fully saturated rings. The van der Waals surface area contributed by atoms with Gasteiger partial charge in [-0.1, -0.05) is 60.1 Å². The number of carbonyl (C=O) groups excluding carboxylic acids is 3. The molecular formula is C29H21ClN4O5. The summed E-state index contributed by atoms with van der Waals surface area (Å²) in [5.74, 6) is -2.73. The zero-order chi connectivity index (χ0) is 27.9. The summed E-state index contributed by atoms with van der Waals surface area (Å²) in [4.78, 5) is 44.6. The minimum Gasteiger partial charge on any atom is -0.466 e. The Morgan fingerprint density at radius 3 is 2.28 bits per heavy atom. The molecule has 39 heavy (non-hydrogen) atoms. The normalized spacial score (nSPS) is 22.4. The number of amides is 1. The van der Waals surface area contributed by atoms with Gasteiger partial charge in [0.25, 0.3) is 0 Å². The first-order chi connectivity index (χ1) is 18.8. The van der Waals surface area contributed by atoms with Crippen molar-refractivity contribution < 1.29 is 23.9 Å². The molecule has 0 radical (unpaired) electrons. The van der Waals surface area contributed by atoms with E-state index in [1.807, 2.05) is 30.3 Å². The highest BCUT2D eigenvalue weighted by Gasteiger charge is 2.75. The summed E-state index contributed by atoms with van der Waals surface area (Å²) in [7, 11) is 2.23. The molecule has 3 heterocycles. The molecule has 10 heteroatoms. The van der Waals surface area contributed by atoms with E-state index < -0.39 is 40.3 Å². The van der Waals surface area contributed by atoms with Gasteiger partial charge >= 0.3 is 11.9 Å². The number of benzene rings is 2. The zero-order valence-corrected chi connectivity index (χ0v) is 21.7. The molecule has 2 aromatic rings. The predicted molar refractivity (Wildman–Crippen MR) is 139 cm³/mol. The van der Waals surface area contributed by atoms with Gasteiger partial charge in [-0.3, -0.25) is 4.79 Å². The van der Waals surface area contributed by atoms with Crippen LogP contribution in [-0.4, -0.2) is 43.0 Å². The fraction of sp³-hybridized carbons (Fsp3) is 0.207. The summed E-state index contributed by atoms with van der Waals surface area (Å²) in [5.41, 5.74) is -3.93. The number of carbonyl (C=O) groups is 3. The van der Waals surface area contributed by atoms with Gasteiger partial charge in [-0.05, 0) is 29.3 Å². The maximum atomic E-state index is 14.9. The van der Waals surface area contributed by atoms with Crippen LogP contribution in [0.15, 0.2) is 89.3 Å². The molecule has 9 nitrogen and oxygen atoms in total. The fourth-order valence-corrected chi connectivity index (χ4v) is 5.96. The number of nitriles is 2. The Morgan fingerprint density at radius 2 is 1.64 bits per heavy atom. The molecule has 0 aromatic heterocycles. The molecule has 1 spiro atoms. The topological polar surface area (TPSA) is 124 Å². The van der Waals surface area contributed by atoms with E-state index in [4.69, 9.17) is 21.1 Å². The van der Waals surface area contributed by atoms with Gasteiger partial charge in [-0.2, -0.15) is 10.5 Å². The molecule has 2 atom stereocenters. The van der Waals surface area contributed by atoms with Crippen molar-refractivity contribution >= 4 is 35.1 Å². The SMILES string of the molecule is COC(=O)C1=C(C(=O)OC)[C@]2(C(=O)N(Cc3ccccc3)c3ccccc32)C(C#N)(C#N)[C@H]2C=C(Cl)C=CN12. The lowest BCUT2D eigenvalue weighted by atomic mass is 9.52. The van der Waals surface area contributed by atoms with Gasteiger partial charge in [0.1, 0.15) is 11.1 Å². The van der Waals surface area contributed by atoms with Gasteiger partial charge in [-0.25, -0.2) is 9.59 Å². The van der Waals surface area contributed by atoms with Crippen molar-refractivity contribution in [1.82, 2.24) is 4.90 Å². The van der Waals surface area contributed by atoms with Crippen LogP contribution in [0, 0.1) is 28.1 Å². The Morgan fingerprint density at radius 1 is 1.00 bits per heavy atom. The molecular weight excluding hydrogens is 520 g/mol. The van der Waals surface area contributed by atoms with Crippen molar-refractivity contribution in [2.45, 2.75) is 18.0 Å². The van der Waals surface area contributed by atoms with Crippen LogP contribution in [0.1, 0.15) is 11.1 Å². The highest BCUT2D eigenvalue weighted by atomic mass is 35.5. The van der Waals surface area contributed by atoms with E-state index in [1.165, 1.54) is 28.2 Å². The summed E-state index contributed by atoms with van der Waals surface area (Å²) in [5, 5.41) is 21.8. The molecule has 0 N–H and O–H groups in total. The number of hydrogen-bond donors (Lipinski definition) is 0. The van der Waals surface area contributed by atoms with Crippen molar-refractivity contribution in [3.8, 4) is 12.1 Å². The number of anilines is 1. The van der Waals surface area contributed by atoms with Gasteiger partial charge in [0.15, 0.2) is 5.41 Å². The lowest BCUT2D eigenvalue weighted by Crippen LogP contribution is -2.66. The van der Waals surface area contributed by atoms with Crippen molar-refractivity contribution in [3.63, 3.8) is 0 Å². The van der Waals surface area contributed by atoms with Crippen LogP contribution in [0.4, 0.5) is 5.69 Å². The smallest absolute Gasteiger partial charge is 0.355 e. The summed E-state index contributed by atoms with van der Waals surface area (Å²) in [6, 6.07) is 18.7. The Kier molecular flexibility index (Phi) is 6.26. The summed E-state index contributed by atoms with van der Waals surface area (Å²) >= 11 is 6.34. The Bertz CT molecular complexity index is 1570. The number of halogens is 1. The standard InChI is InChI=1S/C29H21ClN4O5/c1-38-25(35)23-24(26(36)39-2)33-13-12-19(30)14-22(33)28(16-31,17-32)29(23)20-10-6-7-11-21(20)34(27(29)37)15-18-8-4-3-5-9-18/h3-14,22H,15H2,1-2H3/t22-,29-/m1/s1. The number of rotatable bonds is 4. The highest BCUT2D eigenvalue weighted by molar-refractivity contribution is 6.31. The first-order valence-corrected chi connectivity index (χ1v) is 12.2. The molecule has 0 saturated carbocycles. The van der Waals surface area contributed by atoms with E-state index in [2.05, 4.69) is 12.1 Å². The molecule has 1 amide bonds. The van der Waals surface area contributed by atoms with E-state index in [0.29, 0.717) is 5.69 Å². The Balaban J connectivity index is 1.95. The van der Waals surface area contributed by atoms with Gasteiger partial charge in [0.2, 0.25) is 5.91 Å². The number of para-hydroxylation sites is 1. The molecule has 3 aliphatic heterocycles.